The number of amides is 1. The average Bonchev–Trinajstić information content (AvgIpc) is 2.59. The third-order valence-electron chi connectivity index (χ3n) is 3.01. The second-order valence-corrected chi connectivity index (χ2v) is 5.62. The molecule has 1 aromatic rings. The van der Waals surface area contributed by atoms with Gasteiger partial charge in [0.2, 0.25) is 0 Å². The number of fused-ring (bicyclic) bond motifs is 1. The normalized spacial score (nSPS) is 14.7. The topological polar surface area (TPSA) is 42.0 Å². The van der Waals surface area contributed by atoms with Crippen LogP contribution in [0.5, 0.6) is 0 Å². The molecule has 1 aromatic heterocycles. The summed E-state index contributed by atoms with van der Waals surface area (Å²) in [6.07, 6.45) is 6.60. The van der Waals surface area contributed by atoms with Crippen LogP contribution in [0.3, 0.4) is 0 Å². The van der Waals surface area contributed by atoms with E-state index in [1.165, 1.54) is 29.8 Å². The van der Waals surface area contributed by atoms with E-state index in [1.54, 1.807) is 11.3 Å². The first-order valence-electron chi connectivity index (χ1n) is 6.27. The molecular formula is C13H17FN2OS. The number of aryl methyl sites for hydroxylation is 2. The highest BCUT2D eigenvalue weighted by atomic mass is 32.1. The van der Waals surface area contributed by atoms with E-state index in [0.717, 1.165) is 17.8 Å². The molecule has 1 heterocycles. The molecule has 1 aliphatic carbocycles. The van der Waals surface area contributed by atoms with Gasteiger partial charge in [-0.2, -0.15) is 0 Å². The molecule has 3 nitrogen and oxygen atoms in total. The molecule has 5 heteroatoms. The number of nitrogens with one attached hydrogen (secondary N) is 1. The number of hydrogen-bond acceptors (Lipinski definition) is 3. The van der Waals surface area contributed by atoms with Gasteiger partial charge in [0, 0.05) is 17.8 Å². The number of thiazole rings is 1. The standard InChI is InChI=1S/C13H17FN2OS/c1-9(14)13(17)15-8-7-12-16-10-5-3-2-4-6-11(10)18-12/h1-8H2,(H,15,17). The Kier molecular flexibility index (Phi) is 4.47. The molecule has 1 amide bonds. The Morgan fingerprint density at radius 2 is 2.17 bits per heavy atom. The molecule has 0 fully saturated rings. The molecule has 0 saturated heterocycles. The van der Waals surface area contributed by atoms with Crippen molar-refractivity contribution in [3.05, 3.63) is 28.0 Å². The van der Waals surface area contributed by atoms with Gasteiger partial charge in [0.05, 0.1) is 10.7 Å². The molecule has 0 aliphatic heterocycles. The third-order valence-corrected chi connectivity index (χ3v) is 4.23. The lowest BCUT2D eigenvalue weighted by atomic mass is 10.2. The number of rotatable bonds is 4. The fourth-order valence-corrected chi connectivity index (χ4v) is 3.22. The third kappa shape index (κ3) is 3.38. The van der Waals surface area contributed by atoms with Gasteiger partial charge in [-0.1, -0.05) is 13.0 Å². The van der Waals surface area contributed by atoms with Crippen LogP contribution in [-0.4, -0.2) is 17.4 Å². The van der Waals surface area contributed by atoms with E-state index in [-0.39, 0.29) is 0 Å². The summed E-state index contributed by atoms with van der Waals surface area (Å²) in [4.78, 5) is 17.0. The summed E-state index contributed by atoms with van der Waals surface area (Å²) in [5.41, 5.74) is 1.23. The highest BCUT2D eigenvalue weighted by molar-refractivity contribution is 7.11. The Balaban J connectivity index is 1.87. The zero-order valence-corrected chi connectivity index (χ0v) is 11.1. The van der Waals surface area contributed by atoms with Gasteiger partial charge in [0.15, 0.2) is 5.83 Å². The van der Waals surface area contributed by atoms with Gasteiger partial charge in [-0.25, -0.2) is 9.37 Å². The van der Waals surface area contributed by atoms with Gasteiger partial charge in [-0.05, 0) is 25.7 Å². The Bertz CT molecular complexity index is 432. The van der Waals surface area contributed by atoms with E-state index in [0.29, 0.717) is 13.0 Å². The highest BCUT2D eigenvalue weighted by Gasteiger charge is 2.14. The maximum absolute atomic E-state index is 12.4. The molecule has 0 saturated carbocycles. The zero-order chi connectivity index (χ0) is 13.0. The first-order valence-corrected chi connectivity index (χ1v) is 7.08. The van der Waals surface area contributed by atoms with Crippen LogP contribution in [0.2, 0.25) is 0 Å². The highest BCUT2D eigenvalue weighted by Crippen LogP contribution is 2.26. The molecule has 0 unspecified atom stereocenters. The molecule has 98 valence electrons. The Morgan fingerprint density at radius 1 is 1.39 bits per heavy atom. The lowest BCUT2D eigenvalue weighted by Crippen LogP contribution is -2.25. The van der Waals surface area contributed by atoms with E-state index in [9.17, 15) is 9.18 Å². The number of aromatic nitrogens is 1. The molecule has 0 radical (unpaired) electrons. The molecule has 18 heavy (non-hydrogen) atoms. The van der Waals surface area contributed by atoms with Gasteiger partial charge >= 0.3 is 0 Å². The van der Waals surface area contributed by atoms with Crippen molar-refractivity contribution >= 4 is 17.2 Å². The number of carbonyl (C=O) groups is 1. The van der Waals surface area contributed by atoms with Crippen LogP contribution in [0.15, 0.2) is 12.4 Å². The van der Waals surface area contributed by atoms with Crippen molar-refractivity contribution in [2.24, 2.45) is 0 Å². The summed E-state index contributed by atoms with van der Waals surface area (Å²) in [5.74, 6) is -1.67. The first-order chi connectivity index (χ1) is 8.66. The summed E-state index contributed by atoms with van der Waals surface area (Å²) in [6, 6.07) is 0. The Morgan fingerprint density at radius 3 is 2.94 bits per heavy atom. The monoisotopic (exact) mass is 268 g/mol. The van der Waals surface area contributed by atoms with Crippen LogP contribution in [0, 0.1) is 0 Å². The lowest BCUT2D eigenvalue weighted by molar-refractivity contribution is -0.118. The number of hydrogen-bond donors (Lipinski definition) is 1. The van der Waals surface area contributed by atoms with Crippen molar-refractivity contribution in [3.8, 4) is 0 Å². The van der Waals surface area contributed by atoms with Gasteiger partial charge in [0.1, 0.15) is 0 Å². The van der Waals surface area contributed by atoms with Crippen LogP contribution >= 0.6 is 11.3 Å². The minimum absolute atomic E-state index is 0.411. The average molecular weight is 268 g/mol. The summed E-state index contributed by atoms with van der Waals surface area (Å²) in [6.45, 7) is 3.36. The summed E-state index contributed by atoms with van der Waals surface area (Å²) in [5, 5.41) is 3.51. The lowest BCUT2D eigenvalue weighted by Gasteiger charge is -2.00. The van der Waals surface area contributed by atoms with Crippen LogP contribution in [0.25, 0.3) is 0 Å². The molecular weight excluding hydrogens is 251 g/mol. The minimum atomic E-state index is -0.940. The van der Waals surface area contributed by atoms with Crippen molar-refractivity contribution in [2.45, 2.75) is 38.5 Å². The van der Waals surface area contributed by atoms with Gasteiger partial charge in [0.25, 0.3) is 5.91 Å². The Labute approximate surface area is 110 Å². The summed E-state index contributed by atoms with van der Waals surface area (Å²) in [7, 11) is 0. The summed E-state index contributed by atoms with van der Waals surface area (Å²) < 4.78 is 12.4. The van der Waals surface area contributed by atoms with Crippen molar-refractivity contribution in [3.63, 3.8) is 0 Å². The van der Waals surface area contributed by atoms with Gasteiger partial charge in [-0.15, -0.1) is 11.3 Å². The SMILES string of the molecule is C=C(F)C(=O)NCCc1nc2c(s1)CCCCC2. The number of halogens is 1. The molecule has 0 atom stereocenters. The molecule has 1 N–H and O–H groups in total. The second-order valence-electron chi connectivity index (χ2n) is 4.45. The molecule has 0 bridgehead atoms. The van der Waals surface area contributed by atoms with Crippen LogP contribution in [0.4, 0.5) is 4.39 Å². The van der Waals surface area contributed by atoms with Crippen LogP contribution in [0.1, 0.15) is 34.8 Å². The maximum Gasteiger partial charge on any atom is 0.279 e. The van der Waals surface area contributed by atoms with E-state index in [4.69, 9.17) is 0 Å². The minimum Gasteiger partial charge on any atom is -0.350 e. The maximum atomic E-state index is 12.4. The van der Waals surface area contributed by atoms with E-state index in [2.05, 4.69) is 16.9 Å². The fourth-order valence-electron chi connectivity index (χ4n) is 2.07. The fraction of sp³-hybridized carbons (Fsp3) is 0.538. The van der Waals surface area contributed by atoms with Crippen LogP contribution in [-0.2, 0) is 24.1 Å². The van der Waals surface area contributed by atoms with Crippen molar-refractivity contribution < 1.29 is 9.18 Å². The largest absolute Gasteiger partial charge is 0.350 e. The van der Waals surface area contributed by atoms with Crippen molar-refractivity contribution in [2.75, 3.05) is 6.54 Å². The summed E-state index contributed by atoms with van der Waals surface area (Å²) >= 11 is 1.73. The molecule has 0 spiro atoms. The zero-order valence-electron chi connectivity index (χ0n) is 10.3. The number of nitrogens with zero attached hydrogens (tertiary/aromatic N) is 1. The van der Waals surface area contributed by atoms with Crippen LogP contribution < -0.4 is 5.32 Å². The second kappa shape index (κ2) is 6.09. The first kappa shape index (κ1) is 13.2. The van der Waals surface area contributed by atoms with Gasteiger partial charge in [-0.3, -0.25) is 4.79 Å². The number of carbonyl (C=O) groups excluding carboxylic acids is 1. The van der Waals surface area contributed by atoms with E-state index >= 15 is 0 Å². The van der Waals surface area contributed by atoms with Gasteiger partial charge < -0.3 is 5.32 Å². The van der Waals surface area contributed by atoms with E-state index < -0.39 is 11.7 Å². The predicted molar refractivity (Wildman–Crippen MR) is 70.3 cm³/mol. The van der Waals surface area contributed by atoms with E-state index in [1.807, 2.05) is 0 Å². The molecule has 1 aliphatic rings. The van der Waals surface area contributed by atoms with Crippen molar-refractivity contribution in [1.82, 2.24) is 10.3 Å². The Hall–Kier alpha value is -1.23. The molecule has 2 rings (SSSR count). The predicted octanol–water partition coefficient (Wildman–Crippen LogP) is 2.55. The molecule has 0 aromatic carbocycles. The van der Waals surface area contributed by atoms with Crippen molar-refractivity contribution in [1.29, 1.82) is 0 Å². The smallest absolute Gasteiger partial charge is 0.279 e. The quantitative estimate of drug-likeness (QED) is 0.673.